The van der Waals surface area contributed by atoms with Gasteiger partial charge in [0.15, 0.2) is 0 Å². The Bertz CT molecular complexity index is 427. The van der Waals surface area contributed by atoms with Gasteiger partial charge < -0.3 is 5.73 Å². The third kappa shape index (κ3) is 1.81. The van der Waals surface area contributed by atoms with Gasteiger partial charge in [0.2, 0.25) is 11.8 Å². The fraction of sp³-hybridized carbons (Fsp3) is 0.556. The molecule has 0 aliphatic carbocycles. The molecule has 1 atom stereocenters. The number of piperidine rings is 1. The predicted octanol–water partition coefficient (Wildman–Crippen LogP) is -1.21. The van der Waals surface area contributed by atoms with Crippen molar-refractivity contribution in [3.8, 4) is 0 Å². The number of nitrogens with two attached hydrogens (primary N) is 1. The summed E-state index contributed by atoms with van der Waals surface area (Å²) >= 11 is 0. The van der Waals surface area contributed by atoms with E-state index in [9.17, 15) is 9.59 Å². The molecular formula is C9H13N5O2. The van der Waals surface area contributed by atoms with E-state index >= 15 is 0 Å². The zero-order chi connectivity index (χ0) is 11.7. The molecule has 2 rings (SSSR count). The minimum absolute atomic E-state index is 0.141. The standard InChI is InChI=1S/C9H13N5O2/c1-13-7(11-5-12-13)4-14-8(15)3-2-6(10)9(14)16/h5-6H,2-4,10H2,1H3. The molecule has 86 valence electrons. The van der Waals surface area contributed by atoms with Crippen LogP contribution in [0.15, 0.2) is 6.33 Å². The lowest BCUT2D eigenvalue weighted by molar-refractivity contribution is -0.150. The van der Waals surface area contributed by atoms with Gasteiger partial charge in [-0.05, 0) is 6.42 Å². The van der Waals surface area contributed by atoms with Crippen molar-refractivity contribution in [3.05, 3.63) is 12.2 Å². The van der Waals surface area contributed by atoms with Crippen LogP contribution in [-0.4, -0.2) is 37.5 Å². The van der Waals surface area contributed by atoms with Gasteiger partial charge in [-0.15, -0.1) is 0 Å². The molecule has 1 aliphatic heterocycles. The van der Waals surface area contributed by atoms with Crippen LogP contribution in [-0.2, 0) is 23.2 Å². The lowest BCUT2D eigenvalue weighted by Gasteiger charge is -2.28. The largest absolute Gasteiger partial charge is 0.320 e. The van der Waals surface area contributed by atoms with Crippen LogP contribution in [0.4, 0.5) is 0 Å². The minimum Gasteiger partial charge on any atom is -0.320 e. The third-order valence-electron chi connectivity index (χ3n) is 2.66. The molecule has 0 radical (unpaired) electrons. The Labute approximate surface area is 92.2 Å². The van der Waals surface area contributed by atoms with Gasteiger partial charge in [0.1, 0.15) is 12.2 Å². The summed E-state index contributed by atoms with van der Waals surface area (Å²) in [4.78, 5) is 28.4. The summed E-state index contributed by atoms with van der Waals surface area (Å²) in [6, 6.07) is -0.578. The van der Waals surface area contributed by atoms with Gasteiger partial charge in [-0.25, -0.2) is 4.98 Å². The van der Waals surface area contributed by atoms with E-state index < -0.39 is 6.04 Å². The number of aryl methyl sites for hydroxylation is 1. The van der Waals surface area contributed by atoms with Crippen molar-refractivity contribution < 1.29 is 9.59 Å². The quantitative estimate of drug-likeness (QED) is 0.635. The van der Waals surface area contributed by atoms with Crippen LogP contribution in [0, 0.1) is 0 Å². The molecule has 1 aromatic rings. The number of amides is 2. The molecular weight excluding hydrogens is 210 g/mol. The van der Waals surface area contributed by atoms with E-state index in [1.165, 1.54) is 11.0 Å². The number of imide groups is 1. The fourth-order valence-corrected chi connectivity index (χ4v) is 1.63. The Morgan fingerprint density at radius 3 is 2.94 bits per heavy atom. The zero-order valence-electron chi connectivity index (χ0n) is 8.96. The summed E-state index contributed by atoms with van der Waals surface area (Å²) in [7, 11) is 1.71. The Hall–Kier alpha value is -1.76. The highest BCUT2D eigenvalue weighted by Crippen LogP contribution is 2.13. The molecule has 1 saturated heterocycles. The summed E-state index contributed by atoms with van der Waals surface area (Å²) in [6.07, 6.45) is 2.12. The van der Waals surface area contributed by atoms with Crippen molar-refractivity contribution in [2.75, 3.05) is 0 Å². The van der Waals surface area contributed by atoms with E-state index in [1.54, 1.807) is 7.05 Å². The van der Waals surface area contributed by atoms with Crippen LogP contribution in [0.1, 0.15) is 18.7 Å². The lowest BCUT2D eigenvalue weighted by atomic mass is 10.1. The molecule has 1 aromatic heterocycles. The Kier molecular flexibility index (Phi) is 2.69. The molecule has 7 nitrogen and oxygen atoms in total. The highest BCUT2D eigenvalue weighted by atomic mass is 16.2. The molecule has 2 heterocycles. The number of hydrogen-bond donors (Lipinski definition) is 1. The van der Waals surface area contributed by atoms with Gasteiger partial charge in [-0.2, -0.15) is 5.10 Å². The number of aromatic nitrogens is 3. The molecule has 1 fully saturated rings. The zero-order valence-corrected chi connectivity index (χ0v) is 8.96. The molecule has 0 spiro atoms. The normalized spacial score (nSPS) is 21.6. The first kappa shape index (κ1) is 10.7. The maximum atomic E-state index is 11.7. The number of hydrogen-bond acceptors (Lipinski definition) is 5. The summed E-state index contributed by atoms with van der Waals surface area (Å²) in [5, 5.41) is 3.88. The fourth-order valence-electron chi connectivity index (χ4n) is 1.63. The number of nitrogens with zero attached hydrogens (tertiary/aromatic N) is 4. The maximum Gasteiger partial charge on any atom is 0.246 e. The van der Waals surface area contributed by atoms with Crippen molar-refractivity contribution in [3.63, 3.8) is 0 Å². The number of rotatable bonds is 2. The second-order valence-electron chi connectivity index (χ2n) is 3.76. The van der Waals surface area contributed by atoms with Gasteiger partial charge in [0.05, 0.1) is 12.6 Å². The summed E-state index contributed by atoms with van der Waals surface area (Å²) < 4.78 is 1.53. The molecule has 16 heavy (non-hydrogen) atoms. The SMILES string of the molecule is Cn1ncnc1CN1C(=O)CCC(N)C1=O. The van der Waals surface area contributed by atoms with Crippen LogP contribution in [0.25, 0.3) is 0 Å². The van der Waals surface area contributed by atoms with E-state index in [2.05, 4.69) is 10.1 Å². The van der Waals surface area contributed by atoms with Crippen molar-refractivity contribution in [2.24, 2.45) is 12.8 Å². The summed E-state index contributed by atoms with van der Waals surface area (Å²) in [6.45, 7) is 0.141. The van der Waals surface area contributed by atoms with Gasteiger partial charge in [0, 0.05) is 13.5 Å². The van der Waals surface area contributed by atoms with Gasteiger partial charge >= 0.3 is 0 Å². The Balaban J connectivity index is 2.16. The molecule has 1 aliphatic rings. The highest BCUT2D eigenvalue weighted by molar-refractivity contribution is 6.00. The van der Waals surface area contributed by atoms with Crippen LogP contribution in [0.3, 0.4) is 0 Å². The Morgan fingerprint density at radius 1 is 1.56 bits per heavy atom. The second-order valence-corrected chi connectivity index (χ2v) is 3.76. The first-order valence-corrected chi connectivity index (χ1v) is 5.02. The molecule has 1 unspecified atom stereocenters. The number of carbonyl (C=O) groups is 2. The van der Waals surface area contributed by atoms with Crippen molar-refractivity contribution in [1.29, 1.82) is 0 Å². The minimum atomic E-state index is -0.578. The second kappa shape index (κ2) is 4.01. The molecule has 0 bridgehead atoms. The van der Waals surface area contributed by atoms with E-state index in [0.29, 0.717) is 18.7 Å². The van der Waals surface area contributed by atoms with Gasteiger partial charge in [0.25, 0.3) is 0 Å². The van der Waals surface area contributed by atoms with E-state index in [4.69, 9.17) is 5.73 Å². The topological polar surface area (TPSA) is 94.1 Å². The van der Waals surface area contributed by atoms with Crippen molar-refractivity contribution >= 4 is 11.8 Å². The van der Waals surface area contributed by atoms with Gasteiger partial charge in [-0.3, -0.25) is 19.2 Å². The third-order valence-corrected chi connectivity index (χ3v) is 2.66. The highest BCUT2D eigenvalue weighted by Gasteiger charge is 2.32. The number of likely N-dealkylation sites (tertiary alicyclic amines) is 1. The van der Waals surface area contributed by atoms with Crippen molar-refractivity contribution in [1.82, 2.24) is 19.7 Å². The number of carbonyl (C=O) groups excluding carboxylic acids is 2. The molecule has 0 saturated carbocycles. The van der Waals surface area contributed by atoms with E-state index in [-0.39, 0.29) is 18.4 Å². The average Bonchev–Trinajstić information content (AvgIpc) is 2.65. The van der Waals surface area contributed by atoms with Crippen LogP contribution < -0.4 is 5.73 Å². The Morgan fingerprint density at radius 2 is 2.31 bits per heavy atom. The van der Waals surface area contributed by atoms with Crippen molar-refractivity contribution in [2.45, 2.75) is 25.4 Å². The summed E-state index contributed by atoms with van der Waals surface area (Å²) in [5.41, 5.74) is 5.61. The molecule has 2 amide bonds. The maximum absolute atomic E-state index is 11.7. The van der Waals surface area contributed by atoms with Crippen LogP contribution in [0.5, 0.6) is 0 Å². The van der Waals surface area contributed by atoms with Gasteiger partial charge in [-0.1, -0.05) is 0 Å². The molecule has 7 heteroatoms. The smallest absolute Gasteiger partial charge is 0.246 e. The molecule has 0 aromatic carbocycles. The van der Waals surface area contributed by atoms with E-state index in [0.717, 1.165) is 4.90 Å². The first-order valence-electron chi connectivity index (χ1n) is 5.02. The lowest BCUT2D eigenvalue weighted by Crippen LogP contribution is -2.50. The first-order chi connectivity index (χ1) is 7.59. The van der Waals surface area contributed by atoms with E-state index in [1.807, 2.05) is 0 Å². The predicted molar refractivity (Wildman–Crippen MR) is 53.8 cm³/mol. The average molecular weight is 223 g/mol. The van der Waals surface area contributed by atoms with Crippen LogP contribution in [0.2, 0.25) is 0 Å². The van der Waals surface area contributed by atoms with Crippen LogP contribution >= 0.6 is 0 Å². The monoisotopic (exact) mass is 223 g/mol. The molecule has 2 N–H and O–H groups in total. The summed E-state index contributed by atoms with van der Waals surface area (Å²) in [5.74, 6) is 0.0322.